The highest BCUT2D eigenvalue weighted by molar-refractivity contribution is 5.35. The Morgan fingerprint density at radius 1 is 1.11 bits per heavy atom. The average Bonchev–Trinajstić information content (AvgIpc) is 2.36. The van der Waals surface area contributed by atoms with Crippen LogP contribution in [0.3, 0.4) is 0 Å². The predicted molar refractivity (Wildman–Crippen MR) is 76.2 cm³/mol. The van der Waals surface area contributed by atoms with Gasteiger partial charge < -0.3 is 10.1 Å². The Bertz CT molecular complexity index is 374. The molecule has 0 saturated carbocycles. The van der Waals surface area contributed by atoms with Crippen molar-refractivity contribution in [3.05, 3.63) is 34.9 Å². The fraction of sp³-hybridized carbons (Fsp3) is 0.625. The zero-order valence-corrected chi connectivity index (χ0v) is 11.9. The van der Waals surface area contributed by atoms with Crippen LogP contribution in [0.15, 0.2) is 18.2 Å². The molecule has 1 aliphatic heterocycles. The molecule has 0 unspecified atom stereocenters. The molecule has 2 heteroatoms. The highest BCUT2D eigenvalue weighted by Gasteiger charge is 2.34. The van der Waals surface area contributed by atoms with E-state index in [0.29, 0.717) is 0 Å². The van der Waals surface area contributed by atoms with E-state index in [2.05, 4.69) is 44.3 Å². The number of hydrogen-bond donors (Lipinski definition) is 1. The fourth-order valence-electron chi connectivity index (χ4n) is 2.97. The number of nitrogens with one attached hydrogen (secondary N) is 1. The predicted octanol–water partition coefficient (Wildman–Crippen LogP) is 2.96. The molecule has 1 heterocycles. The van der Waals surface area contributed by atoms with Crippen molar-refractivity contribution in [2.75, 3.05) is 26.3 Å². The molecule has 1 fully saturated rings. The molecule has 0 aliphatic carbocycles. The number of ether oxygens (including phenoxy) is 1. The molecule has 0 bridgehead atoms. The van der Waals surface area contributed by atoms with Gasteiger partial charge in [0, 0.05) is 25.2 Å². The Labute approximate surface area is 111 Å². The van der Waals surface area contributed by atoms with Crippen molar-refractivity contribution in [3.8, 4) is 0 Å². The first-order valence-corrected chi connectivity index (χ1v) is 7.03. The highest BCUT2D eigenvalue weighted by Crippen LogP contribution is 2.35. The lowest BCUT2D eigenvalue weighted by Crippen LogP contribution is -2.42. The Morgan fingerprint density at radius 3 is 2.28 bits per heavy atom. The number of likely N-dealkylation sites (N-methyl/N-ethyl adjacent to an activating group) is 1. The van der Waals surface area contributed by atoms with E-state index in [-0.39, 0.29) is 5.41 Å². The Hall–Kier alpha value is -0.860. The summed E-state index contributed by atoms with van der Waals surface area (Å²) < 4.78 is 5.56. The third-order valence-corrected chi connectivity index (χ3v) is 4.00. The van der Waals surface area contributed by atoms with Gasteiger partial charge in [-0.15, -0.1) is 0 Å². The maximum atomic E-state index is 5.56. The number of benzene rings is 1. The summed E-state index contributed by atoms with van der Waals surface area (Å²) in [6.45, 7) is 10.4. The molecule has 2 rings (SSSR count). The molecule has 1 aromatic carbocycles. The Balaban J connectivity index is 2.31. The van der Waals surface area contributed by atoms with Gasteiger partial charge in [0.05, 0.1) is 0 Å². The lowest BCUT2D eigenvalue weighted by atomic mass is 9.73. The van der Waals surface area contributed by atoms with E-state index < -0.39 is 0 Å². The van der Waals surface area contributed by atoms with Crippen LogP contribution in [-0.2, 0) is 10.2 Å². The van der Waals surface area contributed by atoms with Crippen LogP contribution >= 0.6 is 0 Å². The molecule has 0 amide bonds. The van der Waals surface area contributed by atoms with Gasteiger partial charge in [-0.1, -0.05) is 36.2 Å². The van der Waals surface area contributed by atoms with Crippen LogP contribution in [0.5, 0.6) is 0 Å². The summed E-state index contributed by atoms with van der Waals surface area (Å²) in [6, 6.07) is 6.97. The zero-order valence-electron chi connectivity index (χ0n) is 11.9. The number of aryl methyl sites for hydroxylation is 2. The third kappa shape index (κ3) is 2.93. The summed E-state index contributed by atoms with van der Waals surface area (Å²) in [5, 5.41) is 3.54. The van der Waals surface area contributed by atoms with Crippen LogP contribution in [0.1, 0.15) is 36.5 Å². The van der Waals surface area contributed by atoms with Gasteiger partial charge >= 0.3 is 0 Å². The van der Waals surface area contributed by atoms with Crippen LogP contribution < -0.4 is 5.32 Å². The van der Waals surface area contributed by atoms with Gasteiger partial charge in [0.2, 0.25) is 0 Å². The Kier molecular flexibility index (Phi) is 4.41. The Morgan fingerprint density at radius 2 is 1.72 bits per heavy atom. The van der Waals surface area contributed by atoms with E-state index in [1.807, 2.05) is 0 Å². The molecule has 100 valence electrons. The molecule has 1 saturated heterocycles. The van der Waals surface area contributed by atoms with E-state index in [1.165, 1.54) is 16.7 Å². The van der Waals surface area contributed by atoms with Gasteiger partial charge in [-0.2, -0.15) is 0 Å². The summed E-state index contributed by atoms with van der Waals surface area (Å²) in [7, 11) is 0. The van der Waals surface area contributed by atoms with E-state index >= 15 is 0 Å². The van der Waals surface area contributed by atoms with E-state index in [1.54, 1.807) is 0 Å². The van der Waals surface area contributed by atoms with Gasteiger partial charge in [0.15, 0.2) is 0 Å². The highest BCUT2D eigenvalue weighted by atomic mass is 16.5. The van der Waals surface area contributed by atoms with Gasteiger partial charge in [0.1, 0.15) is 0 Å². The average molecular weight is 247 g/mol. The number of hydrogen-bond acceptors (Lipinski definition) is 2. The normalized spacial score (nSPS) is 18.8. The topological polar surface area (TPSA) is 21.3 Å². The SMILES string of the molecule is CCNCC1(c2cc(C)cc(C)c2)CCOCC1. The first kappa shape index (κ1) is 13.6. The van der Waals surface area contributed by atoms with Gasteiger partial charge in [-0.25, -0.2) is 0 Å². The molecule has 0 radical (unpaired) electrons. The maximum absolute atomic E-state index is 5.56. The molecule has 18 heavy (non-hydrogen) atoms. The van der Waals surface area contributed by atoms with Crippen molar-refractivity contribution < 1.29 is 4.74 Å². The lowest BCUT2D eigenvalue weighted by Gasteiger charge is -2.38. The molecule has 1 aromatic rings. The van der Waals surface area contributed by atoms with Crippen molar-refractivity contribution in [2.45, 2.75) is 39.0 Å². The molecule has 0 atom stereocenters. The summed E-state index contributed by atoms with van der Waals surface area (Å²) in [4.78, 5) is 0. The van der Waals surface area contributed by atoms with E-state index in [4.69, 9.17) is 4.74 Å². The van der Waals surface area contributed by atoms with Crippen molar-refractivity contribution in [3.63, 3.8) is 0 Å². The van der Waals surface area contributed by atoms with Crippen molar-refractivity contribution in [1.82, 2.24) is 5.32 Å². The largest absolute Gasteiger partial charge is 0.381 e. The third-order valence-electron chi connectivity index (χ3n) is 4.00. The second-order valence-electron chi connectivity index (χ2n) is 5.55. The molecular formula is C16H25NO. The molecule has 1 N–H and O–H groups in total. The standard InChI is InChI=1S/C16H25NO/c1-4-17-12-16(5-7-18-8-6-16)15-10-13(2)9-14(3)11-15/h9-11,17H,4-8,12H2,1-3H3. The first-order valence-electron chi connectivity index (χ1n) is 7.03. The maximum Gasteiger partial charge on any atom is 0.0475 e. The first-order chi connectivity index (χ1) is 8.66. The molecular weight excluding hydrogens is 222 g/mol. The van der Waals surface area contributed by atoms with Crippen molar-refractivity contribution in [1.29, 1.82) is 0 Å². The van der Waals surface area contributed by atoms with Crippen LogP contribution in [0.4, 0.5) is 0 Å². The molecule has 0 spiro atoms. The molecule has 2 nitrogen and oxygen atoms in total. The van der Waals surface area contributed by atoms with Crippen LogP contribution in [-0.4, -0.2) is 26.3 Å². The summed E-state index contributed by atoms with van der Waals surface area (Å²) in [5.74, 6) is 0. The number of rotatable bonds is 4. The van der Waals surface area contributed by atoms with Gasteiger partial charge in [-0.3, -0.25) is 0 Å². The van der Waals surface area contributed by atoms with Crippen molar-refractivity contribution in [2.24, 2.45) is 0 Å². The van der Waals surface area contributed by atoms with E-state index in [0.717, 1.165) is 39.1 Å². The van der Waals surface area contributed by atoms with E-state index in [9.17, 15) is 0 Å². The second-order valence-corrected chi connectivity index (χ2v) is 5.55. The van der Waals surface area contributed by atoms with Crippen LogP contribution in [0.2, 0.25) is 0 Å². The van der Waals surface area contributed by atoms with Crippen molar-refractivity contribution >= 4 is 0 Å². The molecule has 1 aliphatic rings. The van der Waals surface area contributed by atoms with Crippen LogP contribution in [0.25, 0.3) is 0 Å². The minimum atomic E-state index is 0.269. The van der Waals surface area contributed by atoms with Gasteiger partial charge in [0.25, 0.3) is 0 Å². The fourth-order valence-corrected chi connectivity index (χ4v) is 2.97. The molecule has 0 aromatic heterocycles. The summed E-state index contributed by atoms with van der Waals surface area (Å²) in [5.41, 5.74) is 4.49. The minimum absolute atomic E-state index is 0.269. The zero-order chi connectivity index (χ0) is 13.0. The van der Waals surface area contributed by atoms with Gasteiger partial charge in [-0.05, 0) is 38.8 Å². The quantitative estimate of drug-likeness (QED) is 0.883. The monoisotopic (exact) mass is 247 g/mol. The second kappa shape index (κ2) is 5.85. The lowest BCUT2D eigenvalue weighted by molar-refractivity contribution is 0.0500. The summed E-state index contributed by atoms with van der Waals surface area (Å²) in [6.07, 6.45) is 2.26. The smallest absolute Gasteiger partial charge is 0.0475 e. The van der Waals surface area contributed by atoms with Crippen LogP contribution in [0, 0.1) is 13.8 Å². The summed E-state index contributed by atoms with van der Waals surface area (Å²) >= 11 is 0. The minimum Gasteiger partial charge on any atom is -0.381 e.